The van der Waals surface area contributed by atoms with Gasteiger partial charge in [-0.2, -0.15) is 0 Å². The maximum Gasteiger partial charge on any atom is 0.167 e. The first-order chi connectivity index (χ1) is 7.72. The lowest BCUT2D eigenvalue weighted by Crippen LogP contribution is -2.37. The van der Waals surface area contributed by atoms with Crippen LogP contribution in [0.1, 0.15) is 46.5 Å². The molecule has 1 aliphatic carbocycles. The summed E-state index contributed by atoms with van der Waals surface area (Å²) in [6.45, 7) is 7.28. The molecular weight excluding hydrogens is 204 g/mol. The van der Waals surface area contributed by atoms with E-state index < -0.39 is 0 Å². The standard InChI is InChI=1S/C13H24O3/c1-4-10-7-8-12(14)11(9-10)13(15-5-2)16-6-3/h10-11,13H,4-9H2,1-3H3. The fourth-order valence-corrected chi connectivity index (χ4v) is 2.38. The Bertz CT molecular complexity index is 209. The van der Waals surface area contributed by atoms with Gasteiger partial charge in [0.1, 0.15) is 5.78 Å². The van der Waals surface area contributed by atoms with E-state index in [1.807, 2.05) is 13.8 Å². The third kappa shape index (κ3) is 3.56. The molecule has 1 rings (SSSR count). The lowest BCUT2D eigenvalue weighted by Gasteiger charge is -2.32. The van der Waals surface area contributed by atoms with Gasteiger partial charge in [0, 0.05) is 19.6 Å². The van der Waals surface area contributed by atoms with Crippen molar-refractivity contribution in [1.82, 2.24) is 0 Å². The van der Waals surface area contributed by atoms with Crippen molar-refractivity contribution < 1.29 is 14.3 Å². The topological polar surface area (TPSA) is 35.5 Å². The molecule has 3 heteroatoms. The highest BCUT2D eigenvalue weighted by Gasteiger charge is 2.34. The third-order valence-electron chi connectivity index (χ3n) is 3.37. The van der Waals surface area contributed by atoms with E-state index in [0.717, 1.165) is 19.3 Å². The van der Waals surface area contributed by atoms with Crippen LogP contribution in [0.5, 0.6) is 0 Å². The zero-order chi connectivity index (χ0) is 12.0. The average Bonchev–Trinajstić information content (AvgIpc) is 2.29. The Labute approximate surface area is 98.5 Å². The maximum absolute atomic E-state index is 11.9. The van der Waals surface area contributed by atoms with Crippen LogP contribution in [-0.2, 0) is 14.3 Å². The molecule has 0 saturated heterocycles. The number of Topliss-reactive ketones (excluding diaryl/α,β-unsaturated/α-hetero) is 1. The molecule has 0 spiro atoms. The first-order valence-corrected chi connectivity index (χ1v) is 6.48. The molecule has 0 N–H and O–H groups in total. The molecule has 0 aromatic carbocycles. The van der Waals surface area contributed by atoms with Gasteiger partial charge in [-0.15, -0.1) is 0 Å². The molecule has 0 radical (unpaired) electrons. The van der Waals surface area contributed by atoms with E-state index in [0.29, 0.717) is 31.3 Å². The molecule has 94 valence electrons. The van der Waals surface area contributed by atoms with Crippen molar-refractivity contribution in [2.24, 2.45) is 11.8 Å². The van der Waals surface area contributed by atoms with E-state index in [1.54, 1.807) is 0 Å². The van der Waals surface area contributed by atoms with Crippen LogP contribution in [0.2, 0.25) is 0 Å². The average molecular weight is 228 g/mol. The number of hydrogen-bond acceptors (Lipinski definition) is 3. The Balaban J connectivity index is 2.60. The number of hydrogen-bond donors (Lipinski definition) is 0. The van der Waals surface area contributed by atoms with Crippen LogP contribution in [-0.4, -0.2) is 25.3 Å². The van der Waals surface area contributed by atoms with Crippen LogP contribution >= 0.6 is 0 Å². The molecule has 1 fully saturated rings. The molecule has 1 aliphatic rings. The molecule has 2 unspecified atom stereocenters. The van der Waals surface area contributed by atoms with E-state index in [2.05, 4.69) is 6.92 Å². The number of carbonyl (C=O) groups is 1. The van der Waals surface area contributed by atoms with Gasteiger partial charge >= 0.3 is 0 Å². The summed E-state index contributed by atoms with van der Waals surface area (Å²) in [5, 5.41) is 0. The minimum Gasteiger partial charge on any atom is -0.352 e. The molecule has 0 amide bonds. The maximum atomic E-state index is 11.9. The van der Waals surface area contributed by atoms with Gasteiger partial charge in [-0.25, -0.2) is 0 Å². The summed E-state index contributed by atoms with van der Waals surface area (Å²) in [5.74, 6) is 0.932. The van der Waals surface area contributed by atoms with E-state index >= 15 is 0 Å². The third-order valence-corrected chi connectivity index (χ3v) is 3.37. The van der Waals surface area contributed by atoms with Gasteiger partial charge in [-0.05, 0) is 32.6 Å². The van der Waals surface area contributed by atoms with Gasteiger partial charge in [0.25, 0.3) is 0 Å². The van der Waals surface area contributed by atoms with Crippen molar-refractivity contribution in [3.05, 3.63) is 0 Å². The second kappa shape index (κ2) is 7.02. The van der Waals surface area contributed by atoms with Gasteiger partial charge < -0.3 is 9.47 Å². The summed E-state index contributed by atoms with van der Waals surface area (Å²) in [5.41, 5.74) is 0. The van der Waals surface area contributed by atoms with Crippen molar-refractivity contribution in [2.45, 2.75) is 52.7 Å². The van der Waals surface area contributed by atoms with Gasteiger partial charge in [0.05, 0.1) is 5.92 Å². The number of ether oxygens (including phenoxy) is 2. The highest BCUT2D eigenvalue weighted by molar-refractivity contribution is 5.82. The molecule has 0 aromatic rings. The zero-order valence-corrected chi connectivity index (χ0v) is 10.7. The van der Waals surface area contributed by atoms with Crippen molar-refractivity contribution in [2.75, 3.05) is 13.2 Å². The van der Waals surface area contributed by atoms with Crippen LogP contribution in [0.4, 0.5) is 0 Å². The summed E-state index contributed by atoms with van der Waals surface area (Å²) >= 11 is 0. The minimum atomic E-state index is -0.322. The van der Waals surface area contributed by atoms with E-state index in [9.17, 15) is 4.79 Å². The largest absolute Gasteiger partial charge is 0.352 e. The fourth-order valence-electron chi connectivity index (χ4n) is 2.38. The summed E-state index contributed by atoms with van der Waals surface area (Å²) < 4.78 is 11.1. The highest BCUT2D eigenvalue weighted by Crippen LogP contribution is 2.32. The summed E-state index contributed by atoms with van der Waals surface area (Å²) in [7, 11) is 0. The van der Waals surface area contributed by atoms with Crippen LogP contribution < -0.4 is 0 Å². The Kier molecular flexibility index (Phi) is 5.99. The Morgan fingerprint density at radius 1 is 1.25 bits per heavy atom. The lowest BCUT2D eigenvalue weighted by molar-refractivity contribution is -0.180. The molecule has 16 heavy (non-hydrogen) atoms. The predicted octanol–water partition coefficient (Wildman–Crippen LogP) is 2.78. The summed E-state index contributed by atoms with van der Waals surface area (Å²) in [4.78, 5) is 11.9. The molecular formula is C13H24O3. The van der Waals surface area contributed by atoms with Crippen molar-refractivity contribution in [3.63, 3.8) is 0 Å². The fraction of sp³-hybridized carbons (Fsp3) is 0.923. The highest BCUT2D eigenvalue weighted by atomic mass is 16.7. The first kappa shape index (κ1) is 13.7. The lowest BCUT2D eigenvalue weighted by atomic mass is 9.79. The molecule has 0 heterocycles. The quantitative estimate of drug-likeness (QED) is 0.656. The van der Waals surface area contributed by atoms with Gasteiger partial charge in [-0.1, -0.05) is 13.3 Å². The minimum absolute atomic E-state index is 0.0430. The van der Waals surface area contributed by atoms with Gasteiger partial charge in [-0.3, -0.25) is 4.79 Å². The molecule has 3 nitrogen and oxygen atoms in total. The van der Waals surface area contributed by atoms with Crippen LogP contribution in [0.3, 0.4) is 0 Å². The van der Waals surface area contributed by atoms with Crippen LogP contribution in [0, 0.1) is 11.8 Å². The molecule has 2 atom stereocenters. The monoisotopic (exact) mass is 228 g/mol. The van der Waals surface area contributed by atoms with Crippen molar-refractivity contribution >= 4 is 5.78 Å². The second-order valence-electron chi connectivity index (χ2n) is 4.40. The van der Waals surface area contributed by atoms with Crippen LogP contribution in [0.15, 0.2) is 0 Å². The molecule has 0 bridgehead atoms. The SMILES string of the molecule is CCOC(OCC)C1CC(CC)CCC1=O. The van der Waals surface area contributed by atoms with Crippen LogP contribution in [0.25, 0.3) is 0 Å². The Morgan fingerprint density at radius 3 is 2.38 bits per heavy atom. The normalized spacial score (nSPS) is 26.4. The smallest absolute Gasteiger partial charge is 0.167 e. The van der Waals surface area contributed by atoms with Crippen molar-refractivity contribution in [3.8, 4) is 0 Å². The Hall–Kier alpha value is -0.410. The molecule has 0 aliphatic heterocycles. The summed E-state index contributed by atoms with van der Waals surface area (Å²) in [6.07, 6.45) is 3.49. The number of carbonyl (C=O) groups excluding carboxylic acids is 1. The molecule has 0 aromatic heterocycles. The first-order valence-electron chi connectivity index (χ1n) is 6.48. The predicted molar refractivity (Wildman–Crippen MR) is 63.2 cm³/mol. The Morgan fingerprint density at radius 2 is 1.88 bits per heavy atom. The second-order valence-corrected chi connectivity index (χ2v) is 4.40. The summed E-state index contributed by atoms with van der Waals surface area (Å²) in [6, 6.07) is 0. The molecule has 1 saturated carbocycles. The van der Waals surface area contributed by atoms with E-state index in [4.69, 9.17) is 9.47 Å². The number of ketones is 1. The van der Waals surface area contributed by atoms with E-state index in [-0.39, 0.29) is 12.2 Å². The van der Waals surface area contributed by atoms with E-state index in [1.165, 1.54) is 0 Å². The zero-order valence-electron chi connectivity index (χ0n) is 10.7. The van der Waals surface area contributed by atoms with Gasteiger partial charge in [0.15, 0.2) is 6.29 Å². The van der Waals surface area contributed by atoms with Gasteiger partial charge in [0.2, 0.25) is 0 Å². The number of rotatable bonds is 6. The van der Waals surface area contributed by atoms with Crippen molar-refractivity contribution in [1.29, 1.82) is 0 Å².